The maximum Gasteiger partial charge on any atom is 0.134 e. The topological polar surface area (TPSA) is 45.4 Å². The molecule has 0 spiro atoms. The van der Waals surface area contributed by atoms with Crippen LogP contribution in [0, 0.1) is 6.92 Å². The highest BCUT2D eigenvalue weighted by Gasteiger charge is 2.03. The van der Waals surface area contributed by atoms with Crippen LogP contribution in [0.4, 0.5) is 5.69 Å². The minimum absolute atomic E-state index is 0.301. The first-order valence-corrected chi connectivity index (χ1v) is 6.23. The Labute approximate surface area is 111 Å². The van der Waals surface area contributed by atoms with Crippen LogP contribution >= 0.6 is 0 Å². The van der Waals surface area contributed by atoms with Gasteiger partial charge in [-0.1, -0.05) is 24.3 Å². The molecule has 0 fully saturated rings. The van der Waals surface area contributed by atoms with Crippen LogP contribution in [-0.2, 0) is 6.54 Å². The number of hydrogen-bond donors (Lipinski definition) is 2. The molecule has 2 N–H and O–H groups in total. The molecule has 0 aliphatic carbocycles. The predicted molar refractivity (Wildman–Crippen MR) is 76.4 cm³/mol. The van der Waals surface area contributed by atoms with Gasteiger partial charge in [0.1, 0.15) is 17.1 Å². The summed E-state index contributed by atoms with van der Waals surface area (Å²) in [5.41, 5.74) is 2.64. The molecule has 3 heteroatoms. The summed E-state index contributed by atoms with van der Waals surface area (Å²) in [6, 6.07) is 15.5. The summed E-state index contributed by atoms with van der Waals surface area (Å²) < 4.78 is 5.72. The molecule has 0 unspecified atom stereocenters. The van der Waals surface area contributed by atoms with E-state index in [1.54, 1.807) is 6.07 Å². The number of para-hydroxylation sites is 1. The fraction of sp³-hybridized carbons (Fsp3) is 0.125. The van der Waals surface area contributed by atoms with Gasteiger partial charge in [0, 0.05) is 17.1 Å². The summed E-state index contributed by atoms with van der Waals surface area (Å²) in [4.78, 5) is 0. The van der Waals surface area contributed by atoms with Crippen LogP contribution in [0.2, 0.25) is 0 Å². The van der Waals surface area contributed by atoms with E-state index in [0.29, 0.717) is 12.3 Å². The number of benzene rings is 2. The van der Waals surface area contributed by atoms with Gasteiger partial charge in [0.2, 0.25) is 0 Å². The molecular formula is C16H15NO2. The van der Waals surface area contributed by atoms with E-state index in [-0.39, 0.29) is 0 Å². The minimum atomic E-state index is 0.301. The van der Waals surface area contributed by atoms with Crippen LogP contribution in [0.25, 0.3) is 11.0 Å². The van der Waals surface area contributed by atoms with Crippen LogP contribution in [0.5, 0.6) is 5.75 Å². The average Bonchev–Trinajstić information content (AvgIpc) is 2.83. The SMILES string of the molecule is Cc1ccc(NCc2cc3ccccc3o2)cc1O. The first-order valence-electron chi connectivity index (χ1n) is 6.23. The third-order valence-electron chi connectivity index (χ3n) is 3.15. The van der Waals surface area contributed by atoms with Gasteiger partial charge in [0.15, 0.2) is 0 Å². The second-order valence-corrected chi connectivity index (χ2v) is 4.61. The number of aromatic hydroxyl groups is 1. The molecule has 3 aromatic rings. The number of phenolic OH excluding ortho intramolecular Hbond substituents is 1. The molecule has 0 bridgehead atoms. The van der Waals surface area contributed by atoms with Gasteiger partial charge in [-0.3, -0.25) is 0 Å². The number of anilines is 1. The standard InChI is InChI=1S/C16H15NO2/c1-11-6-7-13(9-15(11)18)17-10-14-8-12-4-2-3-5-16(12)19-14/h2-9,17-18H,10H2,1H3. The second kappa shape index (κ2) is 4.69. The van der Waals surface area contributed by atoms with E-state index >= 15 is 0 Å². The summed E-state index contributed by atoms with van der Waals surface area (Å²) in [6.45, 7) is 2.47. The van der Waals surface area contributed by atoms with Crippen molar-refractivity contribution in [1.29, 1.82) is 0 Å². The molecule has 1 heterocycles. The molecule has 0 amide bonds. The third kappa shape index (κ3) is 2.40. The number of aryl methyl sites for hydroxylation is 1. The van der Waals surface area contributed by atoms with Gasteiger partial charge in [0.25, 0.3) is 0 Å². The first kappa shape index (κ1) is 11.7. The van der Waals surface area contributed by atoms with Crippen molar-refractivity contribution in [1.82, 2.24) is 0 Å². The maximum atomic E-state index is 9.65. The molecule has 0 aliphatic rings. The fourth-order valence-electron chi connectivity index (χ4n) is 2.03. The number of fused-ring (bicyclic) bond motifs is 1. The lowest BCUT2D eigenvalue weighted by Gasteiger charge is -2.06. The van der Waals surface area contributed by atoms with Gasteiger partial charge < -0.3 is 14.8 Å². The van der Waals surface area contributed by atoms with Crippen LogP contribution < -0.4 is 5.32 Å². The zero-order chi connectivity index (χ0) is 13.2. The van der Waals surface area contributed by atoms with Crippen LogP contribution in [-0.4, -0.2) is 5.11 Å². The molecule has 1 aromatic heterocycles. The zero-order valence-corrected chi connectivity index (χ0v) is 10.7. The molecule has 0 radical (unpaired) electrons. The number of phenols is 1. The summed E-state index contributed by atoms with van der Waals surface area (Å²) in [7, 11) is 0. The molecule has 3 nitrogen and oxygen atoms in total. The van der Waals surface area contributed by atoms with E-state index in [9.17, 15) is 5.11 Å². The Morgan fingerprint density at radius 1 is 1.11 bits per heavy atom. The van der Waals surface area contributed by atoms with Crippen LogP contribution in [0.1, 0.15) is 11.3 Å². The number of hydrogen-bond acceptors (Lipinski definition) is 3. The normalized spacial score (nSPS) is 10.8. The quantitative estimate of drug-likeness (QED) is 0.740. The largest absolute Gasteiger partial charge is 0.508 e. The number of furan rings is 1. The number of rotatable bonds is 3. The second-order valence-electron chi connectivity index (χ2n) is 4.61. The smallest absolute Gasteiger partial charge is 0.134 e. The van der Waals surface area contributed by atoms with Crippen LogP contribution in [0.3, 0.4) is 0 Å². The highest BCUT2D eigenvalue weighted by Crippen LogP contribution is 2.23. The van der Waals surface area contributed by atoms with Gasteiger partial charge in [-0.15, -0.1) is 0 Å². The van der Waals surface area contributed by atoms with E-state index in [4.69, 9.17) is 4.42 Å². The fourth-order valence-corrected chi connectivity index (χ4v) is 2.03. The molecule has 0 saturated heterocycles. The molecule has 3 rings (SSSR count). The Balaban J connectivity index is 1.76. The van der Waals surface area contributed by atoms with Gasteiger partial charge in [-0.25, -0.2) is 0 Å². The van der Waals surface area contributed by atoms with Crippen molar-refractivity contribution in [2.24, 2.45) is 0 Å². The molecule has 19 heavy (non-hydrogen) atoms. The van der Waals surface area contributed by atoms with Crippen molar-refractivity contribution >= 4 is 16.7 Å². The van der Waals surface area contributed by atoms with E-state index < -0.39 is 0 Å². The molecular weight excluding hydrogens is 238 g/mol. The van der Waals surface area contributed by atoms with Crippen molar-refractivity contribution in [2.75, 3.05) is 5.32 Å². The lowest BCUT2D eigenvalue weighted by Crippen LogP contribution is -1.97. The highest BCUT2D eigenvalue weighted by atomic mass is 16.3. The molecule has 0 aliphatic heterocycles. The van der Waals surface area contributed by atoms with Crippen molar-refractivity contribution in [2.45, 2.75) is 13.5 Å². The molecule has 2 aromatic carbocycles. The monoisotopic (exact) mass is 253 g/mol. The van der Waals surface area contributed by atoms with Gasteiger partial charge in [-0.05, 0) is 30.7 Å². The molecule has 0 saturated carbocycles. The highest BCUT2D eigenvalue weighted by molar-refractivity contribution is 5.77. The summed E-state index contributed by atoms with van der Waals surface area (Å²) in [5.74, 6) is 1.18. The van der Waals surface area contributed by atoms with Crippen molar-refractivity contribution < 1.29 is 9.52 Å². The van der Waals surface area contributed by atoms with Crippen molar-refractivity contribution in [3.63, 3.8) is 0 Å². The molecule has 0 atom stereocenters. The summed E-state index contributed by atoms with van der Waals surface area (Å²) in [5, 5.41) is 14.0. The maximum absolute atomic E-state index is 9.65. The lowest BCUT2D eigenvalue weighted by atomic mass is 10.2. The Kier molecular flexibility index (Phi) is 2.88. The zero-order valence-electron chi connectivity index (χ0n) is 10.7. The van der Waals surface area contributed by atoms with Crippen LogP contribution in [0.15, 0.2) is 52.9 Å². The Bertz CT molecular complexity index is 683. The van der Waals surface area contributed by atoms with Gasteiger partial charge >= 0.3 is 0 Å². The summed E-state index contributed by atoms with van der Waals surface area (Å²) in [6.07, 6.45) is 0. The van der Waals surface area contributed by atoms with E-state index in [1.807, 2.05) is 49.4 Å². The summed E-state index contributed by atoms with van der Waals surface area (Å²) >= 11 is 0. The predicted octanol–water partition coefficient (Wildman–Crippen LogP) is 4.06. The van der Waals surface area contributed by atoms with Gasteiger partial charge in [0.05, 0.1) is 6.54 Å². The Morgan fingerprint density at radius 3 is 2.74 bits per heavy atom. The third-order valence-corrected chi connectivity index (χ3v) is 3.15. The first-order chi connectivity index (χ1) is 9.22. The number of nitrogens with one attached hydrogen (secondary N) is 1. The van der Waals surface area contributed by atoms with E-state index in [0.717, 1.165) is 28.0 Å². The van der Waals surface area contributed by atoms with E-state index in [1.165, 1.54) is 0 Å². The Morgan fingerprint density at radius 2 is 1.95 bits per heavy atom. The van der Waals surface area contributed by atoms with Crippen molar-refractivity contribution in [3.8, 4) is 5.75 Å². The lowest BCUT2D eigenvalue weighted by molar-refractivity contribution is 0.471. The minimum Gasteiger partial charge on any atom is -0.508 e. The Hall–Kier alpha value is -2.42. The van der Waals surface area contributed by atoms with E-state index in [2.05, 4.69) is 5.32 Å². The molecule has 96 valence electrons. The van der Waals surface area contributed by atoms with Gasteiger partial charge in [-0.2, -0.15) is 0 Å². The average molecular weight is 253 g/mol. The van der Waals surface area contributed by atoms with Crippen molar-refractivity contribution in [3.05, 3.63) is 59.9 Å².